The van der Waals surface area contributed by atoms with Crippen LogP contribution in [0.25, 0.3) is 0 Å². The van der Waals surface area contributed by atoms with E-state index in [2.05, 4.69) is 15.6 Å². The summed E-state index contributed by atoms with van der Waals surface area (Å²) in [5.74, 6) is -0.322. The Balaban J connectivity index is 1.91. The maximum atomic E-state index is 12.0. The van der Waals surface area contributed by atoms with Crippen LogP contribution in [0.2, 0.25) is 0 Å². The van der Waals surface area contributed by atoms with Crippen molar-refractivity contribution in [3.8, 4) is 5.75 Å². The fraction of sp³-hybridized carbons (Fsp3) is 0.231. The molecule has 8 nitrogen and oxygen atoms in total. The van der Waals surface area contributed by atoms with Crippen LogP contribution in [-0.4, -0.2) is 35.3 Å². The first-order valence-corrected chi connectivity index (χ1v) is 7.20. The number of benzene rings is 1. The summed E-state index contributed by atoms with van der Waals surface area (Å²) in [4.78, 5) is 27.3. The summed E-state index contributed by atoms with van der Waals surface area (Å²) in [7, 11) is 1.56. The lowest BCUT2D eigenvalue weighted by Crippen LogP contribution is -2.28. The minimum absolute atomic E-state index is 0.000542. The SMILES string of the molecule is COc1ccc(NC(=O)CC2SC(=NC(=N)N)NC2=O)cc1. The van der Waals surface area contributed by atoms with Gasteiger partial charge >= 0.3 is 0 Å². The summed E-state index contributed by atoms with van der Waals surface area (Å²) < 4.78 is 5.03. The maximum absolute atomic E-state index is 12.0. The number of carbonyl (C=O) groups excluding carboxylic acids is 2. The molecule has 1 unspecified atom stereocenters. The molecule has 1 heterocycles. The number of amides is 2. The van der Waals surface area contributed by atoms with Gasteiger partial charge in [-0.2, -0.15) is 4.99 Å². The number of nitrogens with zero attached hydrogens (tertiary/aromatic N) is 1. The first kappa shape index (κ1) is 15.8. The van der Waals surface area contributed by atoms with Crippen molar-refractivity contribution in [1.82, 2.24) is 5.32 Å². The van der Waals surface area contributed by atoms with E-state index in [1.165, 1.54) is 0 Å². The fourth-order valence-electron chi connectivity index (χ4n) is 1.76. The minimum atomic E-state index is -0.587. The van der Waals surface area contributed by atoms with E-state index in [1.54, 1.807) is 31.4 Å². The number of carbonyl (C=O) groups is 2. The Morgan fingerprint density at radius 1 is 1.50 bits per heavy atom. The number of aliphatic imine (C=N–C) groups is 1. The van der Waals surface area contributed by atoms with Crippen LogP contribution in [0, 0.1) is 5.41 Å². The number of amidine groups is 1. The van der Waals surface area contributed by atoms with E-state index in [1.807, 2.05) is 0 Å². The smallest absolute Gasteiger partial charge is 0.240 e. The number of nitrogens with one attached hydrogen (secondary N) is 3. The second kappa shape index (κ2) is 6.94. The van der Waals surface area contributed by atoms with E-state index in [4.69, 9.17) is 15.9 Å². The van der Waals surface area contributed by atoms with Crippen LogP contribution in [0.4, 0.5) is 5.69 Å². The van der Waals surface area contributed by atoms with Crippen molar-refractivity contribution in [3.63, 3.8) is 0 Å². The van der Waals surface area contributed by atoms with E-state index in [0.717, 1.165) is 11.8 Å². The summed E-state index contributed by atoms with van der Waals surface area (Å²) in [6.45, 7) is 0. The number of anilines is 1. The molecule has 2 amide bonds. The van der Waals surface area contributed by atoms with Crippen LogP contribution < -0.4 is 21.1 Å². The molecule has 0 aliphatic carbocycles. The Bertz CT molecular complexity index is 629. The number of rotatable bonds is 4. The Hall–Kier alpha value is -2.55. The molecule has 1 aliphatic heterocycles. The zero-order valence-electron chi connectivity index (χ0n) is 11.8. The predicted molar refractivity (Wildman–Crippen MR) is 85.1 cm³/mol. The van der Waals surface area contributed by atoms with E-state index in [9.17, 15) is 9.59 Å². The lowest BCUT2D eigenvalue weighted by molar-refractivity contribution is -0.122. The molecule has 2 rings (SSSR count). The quantitative estimate of drug-likeness (QED) is 0.474. The molecule has 1 aromatic carbocycles. The number of ether oxygens (including phenoxy) is 1. The normalized spacial score (nSPS) is 18.9. The lowest BCUT2D eigenvalue weighted by atomic mass is 10.2. The number of guanidine groups is 1. The Morgan fingerprint density at radius 3 is 2.77 bits per heavy atom. The van der Waals surface area contributed by atoms with Gasteiger partial charge in [0.05, 0.1) is 7.11 Å². The highest BCUT2D eigenvalue weighted by Gasteiger charge is 2.32. The summed E-state index contributed by atoms with van der Waals surface area (Å²) in [6, 6.07) is 6.87. The highest BCUT2D eigenvalue weighted by Crippen LogP contribution is 2.23. The van der Waals surface area contributed by atoms with E-state index >= 15 is 0 Å². The van der Waals surface area contributed by atoms with E-state index in [0.29, 0.717) is 11.4 Å². The van der Waals surface area contributed by atoms with Crippen molar-refractivity contribution in [2.45, 2.75) is 11.7 Å². The first-order valence-electron chi connectivity index (χ1n) is 6.32. The van der Waals surface area contributed by atoms with Crippen molar-refractivity contribution in [3.05, 3.63) is 24.3 Å². The maximum Gasteiger partial charge on any atom is 0.240 e. The number of hydrogen-bond donors (Lipinski definition) is 4. The highest BCUT2D eigenvalue weighted by molar-refractivity contribution is 8.15. The molecule has 0 radical (unpaired) electrons. The third-order valence-electron chi connectivity index (χ3n) is 2.74. The molecule has 0 spiro atoms. The van der Waals surface area contributed by atoms with Gasteiger partial charge in [0.15, 0.2) is 5.17 Å². The van der Waals surface area contributed by atoms with Gasteiger partial charge in [-0.3, -0.25) is 15.0 Å². The molecular weight excluding hydrogens is 306 g/mol. The van der Waals surface area contributed by atoms with Crippen LogP contribution >= 0.6 is 11.8 Å². The topological polar surface area (TPSA) is 130 Å². The van der Waals surface area contributed by atoms with Gasteiger partial charge in [0, 0.05) is 12.1 Å². The molecule has 1 saturated heterocycles. The molecule has 0 saturated carbocycles. The van der Waals surface area contributed by atoms with Gasteiger partial charge in [0.1, 0.15) is 11.0 Å². The van der Waals surface area contributed by atoms with Gasteiger partial charge in [-0.05, 0) is 24.3 Å². The Morgan fingerprint density at radius 2 is 2.18 bits per heavy atom. The molecule has 1 aliphatic rings. The number of thioether (sulfide) groups is 1. The van der Waals surface area contributed by atoms with E-state index < -0.39 is 11.2 Å². The fourth-order valence-corrected chi connectivity index (χ4v) is 2.74. The zero-order valence-corrected chi connectivity index (χ0v) is 12.6. The third-order valence-corrected chi connectivity index (χ3v) is 3.82. The van der Waals surface area contributed by atoms with E-state index in [-0.39, 0.29) is 23.4 Å². The van der Waals surface area contributed by atoms with Crippen molar-refractivity contribution >= 4 is 40.4 Å². The van der Waals surface area contributed by atoms with Gasteiger partial charge in [-0.15, -0.1) is 0 Å². The second-order valence-corrected chi connectivity index (χ2v) is 5.57. The minimum Gasteiger partial charge on any atom is -0.497 e. The van der Waals surface area contributed by atoms with Gasteiger partial charge in [-0.25, -0.2) is 0 Å². The molecule has 9 heteroatoms. The molecular formula is C13H15N5O3S. The largest absolute Gasteiger partial charge is 0.497 e. The van der Waals surface area contributed by atoms with Crippen LogP contribution in [0.3, 0.4) is 0 Å². The standard InChI is InChI=1S/C13H15N5O3S/c1-21-8-4-2-7(3-5-8)16-10(19)6-9-11(20)17-13(22-9)18-12(14)15/h2-5,9H,6H2,1H3,(H,16,19)(H4,14,15,17,18,20). The zero-order chi connectivity index (χ0) is 16.1. The second-order valence-electron chi connectivity index (χ2n) is 4.38. The van der Waals surface area contributed by atoms with Gasteiger partial charge in [0.25, 0.3) is 0 Å². The molecule has 5 N–H and O–H groups in total. The summed E-state index contributed by atoms with van der Waals surface area (Å²) in [5.41, 5.74) is 5.75. The number of nitrogens with two attached hydrogens (primary N) is 1. The summed E-state index contributed by atoms with van der Waals surface area (Å²) in [6.07, 6.45) is -0.000542. The van der Waals surface area contributed by atoms with Gasteiger partial charge in [0.2, 0.25) is 17.8 Å². The van der Waals surface area contributed by atoms with Gasteiger partial charge < -0.3 is 21.1 Å². The molecule has 0 aromatic heterocycles. The van der Waals surface area contributed by atoms with Crippen LogP contribution in [-0.2, 0) is 9.59 Å². The van der Waals surface area contributed by atoms with Crippen molar-refractivity contribution in [2.75, 3.05) is 12.4 Å². The van der Waals surface area contributed by atoms with Crippen molar-refractivity contribution in [2.24, 2.45) is 10.7 Å². The lowest BCUT2D eigenvalue weighted by Gasteiger charge is -2.08. The van der Waals surface area contributed by atoms with Crippen LogP contribution in [0.5, 0.6) is 5.75 Å². The van der Waals surface area contributed by atoms with Crippen LogP contribution in [0.15, 0.2) is 29.3 Å². The molecule has 1 aromatic rings. The third kappa shape index (κ3) is 4.22. The van der Waals surface area contributed by atoms with Gasteiger partial charge in [-0.1, -0.05) is 11.8 Å². The first-order chi connectivity index (χ1) is 10.5. The molecule has 1 atom stereocenters. The molecule has 22 heavy (non-hydrogen) atoms. The predicted octanol–water partition coefficient (Wildman–Crippen LogP) is 0.505. The Kier molecular flexibility index (Phi) is 4.99. The van der Waals surface area contributed by atoms with Crippen molar-refractivity contribution in [1.29, 1.82) is 5.41 Å². The van der Waals surface area contributed by atoms with Crippen LogP contribution in [0.1, 0.15) is 6.42 Å². The summed E-state index contributed by atoms with van der Waals surface area (Å²) >= 11 is 1.08. The monoisotopic (exact) mass is 321 g/mol. The molecule has 0 bridgehead atoms. The number of methoxy groups -OCH3 is 1. The number of hydrogen-bond acceptors (Lipinski definition) is 5. The molecule has 1 fully saturated rings. The van der Waals surface area contributed by atoms with Crippen molar-refractivity contribution < 1.29 is 14.3 Å². The highest BCUT2D eigenvalue weighted by atomic mass is 32.2. The average Bonchev–Trinajstić information content (AvgIpc) is 2.78. The average molecular weight is 321 g/mol. The summed E-state index contributed by atoms with van der Waals surface area (Å²) in [5, 5.41) is 11.9. The Labute approximate surface area is 131 Å². The molecule has 116 valence electrons.